The highest BCUT2D eigenvalue weighted by atomic mass is 32.2. The van der Waals surface area contributed by atoms with Gasteiger partial charge in [-0.05, 0) is 36.4 Å². The SMILES string of the molecule is CCN(CC)S(=O)(=O)c1ccc(C(=O)NCCc2nnc3ccccn23)cc1. The number of nitrogens with zero attached hydrogens (tertiary/aromatic N) is 4. The van der Waals surface area contributed by atoms with Gasteiger partial charge in [-0.3, -0.25) is 9.20 Å². The predicted molar refractivity (Wildman–Crippen MR) is 106 cm³/mol. The predicted octanol–water partition coefficient (Wildman–Crippen LogP) is 1.73. The molecule has 0 atom stereocenters. The maximum absolute atomic E-state index is 12.5. The van der Waals surface area contributed by atoms with E-state index >= 15 is 0 Å². The molecule has 9 heteroatoms. The molecule has 1 aromatic carbocycles. The van der Waals surface area contributed by atoms with E-state index in [-0.39, 0.29) is 10.8 Å². The summed E-state index contributed by atoms with van der Waals surface area (Å²) >= 11 is 0. The van der Waals surface area contributed by atoms with Gasteiger partial charge in [0.2, 0.25) is 10.0 Å². The van der Waals surface area contributed by atoms with Gasteiger partial charge in [0.05, 0.1) is 4.90 Å². The molecule has 0 radical (unpaired) electrons. The van der Waals surface area contributed by atoms with Crippen molar-refractivity contribution in [1.29, 1.82) is 0 Å². The van der Waals surface area contributed by atoms with Crippen LogP contribution in [-0.2, 0) is 16.4 Å². The zero-order valence-electron chi connectivity index (χ0n) is 15.9. The van der Waals surface area contributed by atoms with Gasteiger partial charge in [-0.1, -0.05) is 19.9 Å². The Morgan fingerprint density at radius 3 is 2.46 bits per heavy atom. The first-order valence-corrected chi connectivity index (χ1v) is 10.6. The first kappa shape index (κ1) is 20.0. The maximum atomic E-state index is 12.5. The van der Waals surface area contributed by atoms with Crippen molar-refractivity contribution < 1.29 is 13.2 Å². The number of sulfonamides is 1. The average molecular weight is 401 g/mol. The summed E-state index contributed by atoms with van der Waals surface area (Å²) in [6, 6.07) is 11.6. The van der Waals surface area contributed by atoms with Gasteiger partial charge in [-0.2, -0.15) is 4.31 Å². The molecule has 0 saturated heterocycles. The number of amides is 1. The highest BCUT2D eigenvalue weighted by molar-refractivity contribution is 7.89. The third-order valence-corrected chi connectivity index (χ3v) is 6.54. The molecule has 3 rings (SSSR count). The normalized spacial score (nSPS) is 11.8. The van der Waals surface area contributed by atoms with Gasteiger partial charge in [0.1, 0.15) is 5.82 Å². The molecule has 0 spiro atoms. The fourth-order valence-corrected chi connectivity index (χ4v) is 4.40. The first-order chi connectivity index (χ1) is 13.5. The van der Waals surface area contributed by atoms with Crippen molar-refractivity contribution in [1.82, 2.24) is 24.2 Å². The summed E-state index contributed by atoms with van der Waals surface area (Å²) in [4.78, 5) is 12.5. The van der Waals surface area contributed by atoms with E-state index in [1.54, 1.807) is 13.8 Å². The number of rotatable bonds is 8. The van der Waals surface area contributed by atoms with E-state index in [1.807, 2.05) is 28.8 Å². The molecule has 0 unspecified atom stereocenters. The largest absolute Gasteiger partial charge is 0.352 e. The van der Waals surface area contributed by atoms with Crippen LogP contribution < -0.4 is 5.32 Å². The number of pyridine rings is 1. The van der Waals surface area contributed by atoms with Crippen molar-refractivity contribution in [2.24, 2.45) is 0 Å². The summed E-state index contributed by atoms with van der Waals surface area (Å²) < 4.78 is 28.2. The Kier molecular flexibility index (Phi) is 6.05. The number of nitrogens with one attached hydrogen (secondary N) is 1. The Morgan fingerprint density at radius 2 is 1.79 bits per heavy atom. The van der Waals surface area contributed by atoms with Crippen LogP contribution in [0.1, 0.15) is 30.0 Å². The third kappa shape index (κ3) is 4.05. The molecule has 8 nitrogen and oxygen atoms in total. The lowest BCUT2D eigenvalue weighted by Gasteiger charge is -2.18. The molecule has 0 aliphatic carbocycles. The molecular weight excluding hydrogens is 378 g/mol. The Morgan fingerprint density at radius 1 is 1.07 bits per heavy atom. The fourth-order valence-electron chi connectivity index (χ4n) is 2.94. The Bertz CT molecular complexity index is 1060. The zero-order valence-corrected chi connectivity index (χ0v) is 16.7. The molecule has 3 aromatic rings. The molecular formula is C19H23N5O3S. The molecule has 0 bridgehead atoms. The van der Waals surface area contributed by atoms with Crippen LogP contribution in [0.5, 0.6) is 0 Å². The molecule has 1 N–H and O–H groups in total. The van der Waals surface area contributed by atoms with E-state index in [1.165, 1.54) is 28.6 Å². The molecule has 2 aromatic heterocycles. The molecule has 0 aliphatic heterocycles. The van der Waals surface area contributed by atoms with E-state index in [0.29, 0.717) is 31.6 Å². The van der Waals surface area contributed by atoms with Crippen molar-refractivity contribution in [2.45, 2.75) is 25.2 Å². The lowest BCUT2D eigenvalue weighted by atomic mass is 10.2. The summed E-state index contributed by atoms with van der Waals surface area (Å²) in [5.41, 5.74) is 1.17. The van der Waals surface area contributed by atoms with E-state index in [0.717, 1.165) is 11.5 Å². The van der Waals surface area contributed by atoms with Gasteiger partial charge in [-0.25, -0.2) is 8.42 Å². The quantitative estimate of drug-likeness (QED) is 0.620. The number of hydrogen-bond acceptors (Lipinski definition) is 5. The summed E-state index contributed by atoms with van der Waals surface area (Å²) in [7, 11) is -3.53. The second-order valence-corrected chi connectivity index (χ2v) is 8.10. The summed E-state index contributed by atoms with van der Waals surface area (Å²) in [6.07, 6.45) is 2.41. The van der Waals surface area contributed by atoms with Gasteiger partial charge >= 0.3 is 0 Å². The van der Waals surface area contributed by atoms with E-state index in [2.05, 4.69) is 15.5 Å². The monoisotopic (exact) mass is 401 g/mol. The highest BCUT2D eigenvalue weighted by Gasteiger charge is 2.21. The standard InChI is InChI=1S/C19H23N5O3S/c1-3-23(4-2)28(26,27)16-10-8-15(9-11-16)19(25)20-13-12-18-22-21-17-7-5-6-14-24(17)18/h5-11,14H,3-4,12-13H2,1-2H3,(H,20,25). The van der Waals surface area contributed by atoms with Crippen LogP contribution in [-0.4, -0.2) is 52.9 Å². The minimum atomic E-state index is -3.53. The number of fused-ring (bicyclic) bond motifs is 1. The Labute approximate surface area is 164 Å². The number of aromatic nitrogens is 3. The van der Waals surface area contributed by atoms with Gasteiger partial charge < -0.3 is 5.32 Å². The number of benzene rings is 1. The topological polar surface area (TPSA) is 96.7 Å². The second-order valence-electron chi connectivity index (χ2n) is 6.16. The Hall–Kier alpha value is -2.78. The lowest BCUT2D eigenvalue weighted by molar-refractivity contribution is 0.0954. The smallest absolute Gasteiger partial charge is 0.251 e. The fraction of sp³-hybridized carbons (Fsp3) is 0.316. The van der Waals surface area contributed by atoms with Crippen molar-refractivity contribution in [3.63, 3.8) is 0 Å². The molecule has 0 aliphatic rings. The molecule has 0 fully saturated rings. The summed E-state index contributed by atoms with van der Waals surface area (Å²) in [5, 5.41) is 11.0. The number of carbonyl (C=O) groups excluding carboxylic acids is 1. The highest BCUT2D eigenvalue weighted by Crippen LogP contribution is 2.16. The van der Waals surface area contributed by atoms with Crippen LogP contribution in [0, 0.1) is 0 Å². The van der Waals surface area contributed by atoms with Crippen LogP contribution in [0.25, 0.3) is 5.65 Å². The minimum Gasteiger partial charge on any atom is -0.352 e. The summed E-state index contributed by atoms with van der Waals surface area (Å²) in [5.74, 6) is 0.497. The van der Waals surface area contributed by atoms with E-state index in [4.69, 9.17) is 0 Å². The molecule has 28 heavy (non-hydrogen) atoms. The van der Waals surface area contributed by atoms with Gasteiger partial charge in [0.25, 0.3) is 5.91 Å². The molecule has 2 heterocycles. The maximum Gasteiger partial charge on any atom is 0.251 e. The average Bonchev–Trinajstić information content (AvgIpc) is 3.12. The van der Waals surface area contributed by atoms with Crippen LogP contribution >= 0.6 is 0 Å². The first-order valence-electron chi connectivity index (χ1n) is 9.14. The van der Waals surface area contributed by atoms with E-state index < -0.39 is 10.0 Å². The third-order valence-electron chi connectivity index (χ3n) is 4.48. The molecule has 1 amide bonds. The Balaban J connectivity index is 1.62. The zero-order chi connectivity index (χ0) is 20.1. The van der Waals surface area contributed by atoms with Gasteiger partial charge in [0, 0.05) is 37.8 Å². The van der Waals surface area contributed by atoms with Crippen LogP contribution in [0.2, 0.25) is 0 Å². The van der Waals surface area contributed by atoms with Crippen LogP contribution in [0.15, 0.2) is 53.6 Å². The van der Waals surface area contributed by atoms with Crippen LogP contribution in [0.3, 0.4) is 0 Å². The second kappa shape index (κ2) is 8.49. The van der Waals surface area contributed by atoms with E-state index in [9.17, 15) is 13.2 Å². The van der Waals surface area contributed by atoms with Crippen molar-refractivity contribution >= 4 is 21.6 Å². The minimum absolute atomic E-state index is 0.183. The molecule has 0 saturated carbocycles. The van der Waals surface area contributed by atoms with Crippen LogP contribution in [0.4, 0.5) is 0 Å². The number of hydrogen-bond donors (Lipinski definition) is 1. The van der Waals surface area contributed by atoms with Crippen molar-refractivity contribution in [3.8, 4) is 0 Å². The number of carbonyl (C=O) groups is 1. The van der Waals surface area contributed by atoms with Crippen molar-refractivity contribution in [2.75, 3.05) is 19.6 Å². The van der Waals surface area contributed by atoms with Gasteiger partial charge in [0.15, 0.2) is 5.65 Å². The van der Waals surface area contributed by atoms with Crippen molar-refractivity contribution in [3.05, 3.63) is 60.0 Å². The molecule has 148 valence electrons. The van der Waals surface area contributed by atoms with Gasteiger partial charge in [-0.15, -0.1) is 10.2 Å². The summed E-state index contributed by atoms with van der Waals surface area (Å²) in [6.45, 7) is 4.79. The lowest BCUT2D eigenvalue weighted by Crippen LogP contribution is -2.30.